The minimum atomic E-state index is -0.637. The summed E-state index contributed by atoms with van der Waals surface area (Å²) in [5.41, 5.74) is 3.80. The Bertz CT molecular complexity index is 1210. The van der Waals surface area contributed by atoms with E-state index in [2.05, 4.69) is 45.4 Å². The molecular weight excluding hydrogens is 444 g/mol. The number of rotatable bonds is 8. The molecule has 2 heterocycles. The fraction of sp³-hybridized carbons (Fsp3) is 0.444. The number of aromatic nitrogens is 1. The molecule has 1 aliphatic rings. The fourth-order valence-electron chi connectivity index (χ4n) is 4.57. The maximum atomic E-state index is 12.9. The maximum Gasteiger partial charge on any atom is 0.343 e. The van der Waals surface area contributed by atoms with E-state index in [4.69, 9.17) is 15.3 Å². The number of hydrazone groups is 1. The van der Waals surface area contributed by atoms with Gasteiger partial charge in [0.2, 0.25) is 0 Å². The van der Waals surface area contributed by atoms with Crippen LogP contribution in [0.15, 0.2) is 40.9 Å². The molecular formula is C27H36N4O4. The van der Waals surface area contributed by atoms with Gasteiger partial charge in [-0.2, -0.15) is 5.10 Å². The zero-order valence-corrected chi connectivity index (χ0v) is 21.6. The summed E-state index contributed by atoms with van der Waals surface area (Å²) in [4.78, 5) is 27.0. The van der Waals surface area contributed by atoms with Gasteiger partial charge in [0.25, 0.3) is 0 Å². The van der Waals surface area contributed by atoms with E-state index in [1.165, 1.54) is 13.2 Å². The normalized spacial score (nSPS) is 14.9. The van der Waals surface area contributed by atoms with Gasteiger partial charge in [0.15, 0.2) is 5.43 Å². The van der Waals surface area contributed by atoms with Crippen molar-refractivity contribution in [2.45, 2.75) is 53.0 Å². The topological polar surface area (TPSA) is 99.2 Å². The van der Waals surface area contributed by atoms with Crippen molar-refractivity contribution in [3.63, 3.8) is 0 Å². The number of benzene rings is 1. The number of hydrogen-bond donors (Lipinski definition) is 1. The fourth-order valence-corrected chi connectivity index (χ4v) is 4.57. The van der Waals surface area contributed by atoms with E-state index in [1.54, 1.807) is 19.6 Å². The first-order valence-corrected chi connectivity index (χ1v) is 11.8. The third-order valence-electron chi connectivity index (χ3n) is 6.55. The molecule has 1 atom stereocenters. The van der Waals surface area contributed by atoms with Crippen LogP contribution in [-0.4, -0.2) is 42.5 Å². The lowest BCUT2D eigenvalue weighted by atomic mass is 9.78. The van der Waals surface area contributed by atoms with Crippen molar-refractivity contribution in [1.29, 1.82) is 0 Å². The molecule has 0 saturated heterocycles. The standard InChI is InChI=1S/C27H36N4O4/c1-8-9-10-30(16-29-28)17(2)19-11-18-12-25(27(3,4)5)31-15-21(26(33)35-7)23(32)14-22(31)20(18)13-24(19)34-6/h11,13-16,25H,2,8-10,12,28H2,1,3-7H3/b29-16-. The molecule has 8 nitrogen and oxygen atoms in total. The van der Waals surface area contributed by atoms with Gasteiger partial charge in [0, 0.05) is 41.7 Å². The SMILES string of the molecule is C=C(c1cc2c(cc1OC)-c1cc(=O)c(C(=O)OC)cn1C(C(C)(C)C)C2)N(/C=N\N)CCCC. The number of esters is 1. The third kappa shape index (κ3) is 5.11. The molecule has 0 bridgehead atoms. The first kappa shape index (κ1) is 26.1. The van der Waals surface area contributed by atoms with Crippen molar-refractivity contribution in [1.82, 2.24) is 9.47 Å². The summed E-state index contributed by atoms with van der Waals surface area (Å²) in [7, 11) is 2.89. The van der Waals surface area contributed by atoms with Crippen LogP contribution in [0.2, 0.25) is 0 Å². The van der Waals surface area contributed by atoms with Crippen LogP contribution >= 0.6 is 0 Å². The Hall–Kier alpha value is -3.55. The number of methoxy groups -OCH3 is 2. The summed E-state index contributed by atoms with van der Waals surface area (Å²) in [6.07, 6.45) is 5.91. The first-order chi connectivity index (χ1) is 16.6. The lowest BCUT2D eigenvalue weighted by molar-refractivity contribution is 0.0597. The van der Waals surface area contributed by atoms with Crippen LogP contribution in [0, 0.1) is 5.41 Å². The zero-order valence-electron chi connectivity index (χ0n) is 21.6. The van der Waals surface area contributed by atoms with Gasteiger partial charge in [-0.15, -0.1) is 0 Å². The molecule has 0 spiro atoms. The molecule has 0 aliphatic carbocycles. The number of nitrogens with zero attached hydrogens (tertiary/aromatic N) is 3. The molecule has 2 N–H and O–H groups in total. The Labute approximate surface area is 207 Å². The molecule has 0 amide bonds. The molecule has 188 valence electrons. The predicted octanol–water partition coefficient (Wildman–Crippen LogP) is 4.43. The number of pyridine rings is 1. The number of unbranched alkanes of at least 4 members (excludes halogenated alkanes) is 1. The van der Waals surface area contributed by atoms with E-state index in [0.29, 0.717) is 12.2 Å². The van der Waals surface area contributed by atoms with Crippen LogP contribution in [0.5, 0.6) is 5.75 Å². The lowest BCUT2D eigenvalue weighted by Crippen LogP contribution is -2.33. The number of fused-ring (bicyclic) bond motifs is 3. The molecule has 0 saturated carbocycles. The Morgan fingerprint density at radius 3 is 2.57 bits per heavy atom. The van der Waals surface area contributed by atoms with E-state index in [1.807, 2.05) is 15.5 Å². The van der Waals surface area contributed by atoms with Crippen molar-refractivity contribution in [3.05, 3.63) is 57.9 Å². The molecule has 1 aromatic heterocycles. The largest absolute Gasteiger partial charge is 0.496 e. The summed E-state index contributed by atoms with van der Waals surface area (Å²) in [5, 5.41) is 3.72. The monoisotopic (exact) mass is 480 g/mol. The van der Waals surface area contributed by atoms with Crippen molar-refractivity contribution in [2.75, 3.05) is 20.8 Å². The van der Waals surface area contributed by atoms with Gasteiger partial charge in [0.1, 0.15) is 17.7 Å². The highest BCUT2D eigenvalue weighted by Crippen LogP contribution is 2.45. The van der Waals surface area contributed by atoms with Crippen LogP contribution < -0.4 is 16.0 Å². The molecule has 35 heavy (non-hydrogen) atoms. The van der Waals surface area contributed by atoms with E-state index in [-0.39, 0.29) is 22.4 Å². The molecule has 1 unspecified atom stereocenters. The zero-order chi connectivity index (χ0) is 25.9. The van der Waals surface area contributed by atoms with Gasteiger partial charge >= 0.3 is 5.97 Å². The highest BCUT2D eigenvalue weighted by atomic mass is 16.5. The Morgan fingerprint density at radius 1 is 1.29 bits per heavy atom. The molecule has 8 heteroatoms. The van der Waals surface area contributed by atoms with E-state index < -0.39 is 5.97 Å². The van der Waals surface area contributed by atoms with Gasteiger partial charge in [-0.1, -0.05) is 40.7 Å². The molecule has 1 aliphatic heterocycles. The number of carbonyl (C=O) groups excluding carboxylic acids is 1. The van der Waals surface area contributed by atoms with Gasteiger partial charge in [-0.3, -0.25) is 4.79 Å². The molecule has 2 aromatic rings. The lowest BCUT2D eigenvalue weighted by Gasteiger charge is -2.39. The van der Waals surface area contributed by atoms with Crippen molar-refractivity contribution >= 4 is 18.0 Å². The van der Waals surface area contributed by atoms with E-state index in [9.17, 15) is 9.59 Å². The minimum Gasteiger partial charge on any atom is -0.496 e. The number of nitrogens with two attached hydrogens (primary N) is 1. The number of carbonyl (C=O) groups is 1. The van der Waals surface area contributed by atoms with Gasteiger partial charge < -0.3 is 24.8 Å². The Morgan fingerprint density at radius 2 is 2.00 bits per heavy atom. The summed E-state index contributed by atoms with van der Waals surface area (Å²) in [6.45, 7) is 13.6. The first-order valence-electron chi connectivity index (χ1n) is 11.8. The van der Waals surface area contributed by atoms with Gasteiger partial charge in [0.05, 0.1) is 19.9 Å². The van der Waals surface area contributed by atoms with Crippen LogP contribution in [0.4, 0.5) is 0 Å². The van der Waals surface area contributed by atoms with Gasteiger partial charge in [-0.25, -0.2) is 4.79 Å². The van der Waals surface area contributed by atoms with Crippen molar-refractivity contribution < 1.29 is 14.3 Å². The average molecular weight is 481 g/mol. The molecule has 0 radical (unpaired) electrons. The van der Waals surface area contributed by atoms with Crippen LogP contribution in [-0.2, 0) is 11.2 Å². The van der Waals surface area contributed by atoms with E-state index in [0.717, 1.165) is 47.5 Å². The number of hydrogen-bond acceptors (Lipinski definition) is 6. The highest BCUT2D eigenvalue weighted by Gasteiger charge is 2.34. The molecule has 0 fully saturated rings. The van der Waals surface area contributed by atoms with Crippen LogP contribution in [0.1, 0.15) is 68.1 Å². The average Bonchev–Trinajstić information content (AvgIpc) is 2.83. The van der Waals surface area contributed by atoms with Crippen molar-refractivity contribution in [3.8, 4) is 17.0 Å². The summed E-state index contributed by atoms with van der Waals surface area (Å²) < 4.78 is 12.6. The second-order valence-corrected chi connectivity index (χ2v) is 9.89. The molecule has 3 rings (SSSR count). The second-order valence-electron chi connectivity index (χ2n) is 9.89. The third-order valence-corrected chi connectivity index (χ3v) is 6.55. The summed E-state index contributed by atoms with van der Waals surface area (Å²) in [5.74, 6) is 5.46. The maximum absolute atomic E-state index is 12.9. The Balaban J connectivity index is 2.23. The minimum absolute atomic E-state index is 0.00492. The van der Waals surface area contributed by atoms with Crippen molar-refractivity contribution in [2.24, 2.45) is 16.4 Å². The number of ether oxygens (including phenoxy) is 2. The second kappa shape index (κ2) is 10.4. The summed E-state index contributed by atoms with van der Waals surface area (Å²) in [6, 6.07) is 5.55. The quantitative estimate of drug-likeness (QED) is 0.197. The predicted molar refractivity (Wildman–Crippen MR) is 140 cm³/mol. The van der Waals surface area contributed by atoms with Crippen LogP contribution in [0.25, 0.3) is 17.0 Å². The highest BCUT2D eigenvalue weighted by molar-refractivity contribution is 5.89. The molecule has 1 aromatic carbocycles. The Kier molecular flexibility index (Phi) is 7.73. The van der Waals surface area contributed by atoms with E-state index >= 15 is 0 Å². The summed E-state index contributed by atoms with van der Waals surface area (Å²) >= 11 is 0. The van der Waals surface area contributed by atoms with Gasteiger partial charge in [-0.05, 0) is 36.0 Å². The van der Waals surface area contributed by atoms with Crippen LogP contribution in [0.3, 0.4) is 0 Å². The smallest absolute Gasteiger partial charge is 0.343 e.